The van der Waals surface area contributed by atoms with Crippen LogP contribution >= 0.6 is 11.8 Å². The molecule has 1 aromatic rings. The van der Waals surface area contributed by atoms with Gasteiger partial charge in [-0.25, -0.2) is 4.79 Å². The Kier molecular flexibility index (Phi) is 6.58. The molecule has 3 atom stereocenters. The lowest BCUT2D eigenvalue weighted by Gasteiger charge is -2.22. The smallest absolute Gasteiger partial charge is 0.317 e. The molecule has 1 aliphatic rings. The second-order valence-corrected chi connectivity index (χ2v) is 7.10. The van der Waals surface area contributed by atoms with Crippen molar-refractivity contribution in [2.45, 2.75) is 31.2 Å². The van der Waals surface area contributed by atoms with Gasteiger partial charge in [0.2, 0.25) is 0 Å². The summed E-state index contributed by atoms with van der Waals surface area (Å²) in [7, 11) is 0. The number of urea groups is 1. The van der Waals surface area contributed by atoms with Crippen molar-refractivity contribution in [2.24, 2.45) is 11.8 Å². The Balaban J connectivity index is 1.81. The highest BCUT2D eigenvalue weighted by atomic mass is 32.2. The summed E-state index contributed by atoms with van der Waals surface area (Å²) in [5.74, 6) is 1.46. The highest BCUT2D eigenvalue weighted by Crippen LogP contribution is 2.23. The number of hydrogen-bond donors (Lipinski definition) is 2. The summed E-state index contributed by atoms with van der Waals surface area (Å²) in [5, 5.41) is 12.4. The SMILES string of the molecule is CC[C@H](CSc1ccccc1)NC(=O)N1C[C@@H](CO)[C@H](C)C1. The van der Waals surface area contributed by atoms with Crippen molar-refractivity contribution in [1.29, 1.82) is 0 Å². The Bertz CT molecular complexity index is 469. The molecule has 122 valence electrons. The molecule has 1 fully saturated rings. The Labute approximate surface area is 137 Å². The number of rotatable bonds is 6. The standard InChI is InChI=1S/C17H26N2O2S/c1-3-15(12-22-16-7-5-4-6-8-16)18-17(21)19-9-13(2)14(10-19)11-20/h4-8,13-15,20H,3,9-12H2,1-2H3,(H,18,21)/t13-,14+,15-/m1/s1. The van der Waals surface area contributed by atoms with Crippen LogP contribution in [0.2, 0.25) is 0 Å². The number of nitrogens with zero attached hydrogens (tertiary/aromatic N) is 1. The van der Waals surface area contributed by atoms with Gasteiger partial charge in [0.15, 0.2) is 0 Å². The van der Waals surface area contributed by atoms with Crippen LogP contribution in [0.15, 0.2) is 35.2 Å². The van der Waals surface area contributed by atoms with E-state index in [1.54, 1.807) is 11.8 Å². The van der Waals surface area contributed by atoms with Crippen molar-refractivity contribution in [3.63, 3.8) is 0 Å². The van der Waals surface area contributed by atoms with Crippen LogP contribution in [0.4, 0.5) is 4.79 Å². The second kappa shape index (κ2) is 8.44. The number of hydrogen-bond acceptors (Lipinski definition) is 3. The zero-order valence-corrected chi connectivity index (χ0v) is 14.2. The van der Waals surface area contributed by atoms with E-state index in [0.29, 0.717) is 12.5 Å². The summed E-state index contributed by atoms with van der Waals surface area (Å²) >= 11 is 1.77. The minimum atomic E-state index is 0.00307. The van der Waals surface area contributed by atoms with Gasteiger partial charge >= 0.3 is 6.03 Å². The minimum Gasteiger partial charge on any atom is -0.396 e. The first-order chi connectivity index (χ1) is 10.6. The molecule has 1 heterocycles. The molecule has 2 rings (SSSR count). The number of amides is 2. The maximum Gasteiger partial charge on any atom is 0.317 e. The molecule has 0 saturated carbocycles. The zero-order valence-electron chi connectivity index (χ0n) is 13.4. The maximum atomic E-state index is 12.4. The highest BCUT2D eigenvalue weighted by molar-refractivity contribution is 7.99. The van der Waals surface area contributed by atoms with Gasteiger partial charge in [-0.05, 0) is 24.5 Å². The Morgan fingerprint density at radius 2 is 2.14 bits per heavy atom. The topological polar surface area (TPSA) is 52.6 Å². The number of thioether (sulfide) groups is 1. The van der Waals surface area contributed by atoms with Crippen molar-refractivity contribution < 1.29 is 9.90 Å². The number of likely N-dealkylation sites (tertiary alicyclic amines) is 1. The highest BCUT2D eigenvalue weighted by Gasteiger charge is 2.32. The van der Waals surface area contributed by atoms with E-state index in [2.05, 4.69) is 31.3 Å². The molecule has 22 heavy (non-hydrogen) atoms. The van der Waals surface area contributed by atoms with Crippen molar-refractivity contribution >= 4 is 17.8 Å². The van der Waals surface area contributed by atoms with Crippen molar-refractivity contribution in [2.75, 3.05) is 25.4 Å². The quantitative estimate of drug-likeness (QED) is 0.792. The molecule has 5 heteroatoms. The van der Waals surface area contributed by atoms with Crippen LogP contribution in [0, 0.1) is 11.8 Å². The summed E-state index contributed by atoms with van der Waals surface area (Å²) in [6.45, 7) is 5.74. The van der Waals surface area contributed by atoms with E-state index in [9.17, 15) is 9.90 Å². The van der Waals surface area contributed by atoms with Crippen molar-refractivity contribution in [1.82, 2.24) is 10.2 Å². The van der Waals surface area contributed by atoms with Gasteiger partial charge in [0.1, 0.15) is 0 Å². The van der Waals surface area contributed by atoms with Gasteiger partial charge < -0.3 is 15.3 Å². The van der Waals surface area contributed by atoms with Crippen molar-refractivity contribution in [3.05, 3.63) is 30.3 Å². The number of benzene rings is 1. The van der Waals surface area contributed by atoms with Crippen LogP contribution in [0.5, 0.6) is 0 Å². The van der Waals surface area contributed by atoms with Gasteiger partial charge in [-0.2, -0.15) is 0 Å². The fraction of sp³-hybridized carbons (Fsp3) is 0.588. The third-order valence-electron chi connectivity index (χ3n) is 4.30. The predicted octanol–water partition coefficient (Wildman–Crippen LogP) is 2.83. The molecule has 2 N–H and O–H groups in total. The van der Waals surface area contributed by atoms with E-state index in [-0.39, 0.29) is 24.6 Å². The van der Waals surface area contributed by atoms with Crippen LogP contribution in [0.1, 0.15) is 20.3 Å². The van der Waals surface area contributed by atoms with E-state index >= 15 is 0 Å². The van der Waals surface area contributed by atoms with Gasteiger partial charge in [-0.15, -0.1) is 11.8 Å². The van der Waals surface area contributed by atoms with Crippen LogP contribution in [0.25, 0.3) is 0 Å². The average Bonchev–Trinajstić information content (AvgIpc) is 2.93. The maximum absolute atomic E-state index is 12.4. The summed E-state index contributed by atoms with van der Waals surface area (Å²) in [6.07, 6.45) is 0.915. The third-order valence-corrected chi connectivity index (χ3v) is 5.48. The van der Waals surface area contributed by atoms with Gasteiger partial charge in [-0.3, -0.25) is 0 Å². The van der Waals surface area contributed by atoms with Crippen LogP contribution in [-0.2, 0) is 0 Å². The number of aliphatic hydroxyl groups excluding tert-OH is 1. The summed E-state index contributed by atoms with van der Waals surface area (Å²) in [4.78, 5) is 15.4. The van der Waals surface area contributed by atoms with Gasteiger partial charge in [-0.1, -0.05) is 32.0 Å². The molecule has 0 aromatic heterocycles. The Hall–Kier alpha value is -1.20. The molecule has 0 spiro atoms. The van der Waals surface area contributed by atoms with E-state index in [1.165, 1.54) is 4.90 Å². The van der Waals surface area contributed by atoms with Crippen LogP contribution < -0.4 is 5.32 Å². The van der Waals surface area contributed by atoms with Crippen LogP contribution in [-0.4, -0.2) is 47.5 Å². The van der Waals surface area contributed by atoms with E-state index < -0.39 is 0 Å². The molecule has 2 amide bonds. The summed E-state index contributed by atoms with van der Waals surface area (Å²) < 4.78 is 0. The fourth-order valence-corrected chi connectivity index (χ4v) is 3.74. The molecule has 1 aromatic carbocycles. The van der Waals surface area contributed by atoms with Gasteiger partial charge in [0, 0.05) is 42.3 Å². The first-order valence-electron chi connectivity index (χ1n) is 7.98. The predicted molar refractivity (Wildman–Crippen MR) is 91.1 cm³/mol. The van der Waals surface area contributed by atoms with Gasteiger partial charge in [0.05, 0.1) is 0 Å². The van der Waals surface area contributed by atoms with E-state index in [1.807, 2.05) is 23.1 Å². The first kappa shape index (κ1) is 17.2. The monoisotopic (exact) mass is 322 g/mol. The third kappa shape index (κ3) is 4.65. The van der Waals surface area contributed by atoms with E-state index in [0.717, 1.165) is 18.7 Å². The van der Waals surface area contributed by atoms with Crippen LogP contribution in [0.3, 0.4) is 0 Å². The normalized spacial score (nSPS) is 22.6. The lowest BCUT2D eigenvalue weighted by atomic mass is 10.00. The zero-order chi connectivity index (χ0) is 15.9. The Morgan fingerprint density at radius 1 is 1.41 bits per heavy atom. The Morgan fingerprint density at radius 3 is 2.73 bits per heavy atom. The number of carbonyl (C=O) groups excluding carboxylic acids is 1. The number of nitrogens with one attached hydrogen (secondary N) is 1. The number of carbonyl (C=O) groups is 1. The largest absolute Gasteiger partial charge is 0.396 e. The molecule has 1 saturated heterocycles. The molecule has 0 radical (unpaired) electrons. The molecule has 0 unspecified atom stereocenters. The molecule has 4 nitrogen and oxygen atoms in total. The van der Waals surface area contributed by atoms with E-state index in [4.69, 9.17) is 0 Å². The number of aliphatic hydroxyl groups is 1. The molecule has 0 bridgehead atoms. The molecule has 0 aliphatic carbocycles. The lowest BCUT2D eigenvalue weighted by Crippen LogP contribution is -2.44. The molecular formula is C17H26N2O2S. The molecular weight excluding hydrogens is 296 g/mol. The summed E-state index contributed by atoms with van der Waals surface area (Å²) in [5.41, 5.74) is 0. The lowest BCUT2D eigenvalue weighted by molar-refractivity contribution is 0.193. The first-order valence-corrected chi connectivity index (χ1v) is 8.96. The van der Waals surface area contributed by atoms with Crippen molar-refractivity contribution in [3.8, 4) is 0 Å². The average molecular weight is 322 g/mol. The minimum absolute atomic E-state index is 0.00307. The fourth-order valence-electron chi connectivity index (χ4n) is 2.68. The molecule has 1 aliphatic heterocycles. The second-order valence-electron chi connectivity index (χ2n) is 6.00. The summed E-state index contributed by atoms with van der Waals surface area (Å²) in [6, 6.07) is 10.4. The van der Waals surface area contributed by atoms with Gasteiger partial charge in [0.25, 0.3) is 0 Å².